The summed E-state index contributed by atoms with van der Waals surface area (Å²) in [4.78, 5) is 14.1. The van der Waals surface area contributed by atoms with Crippen LogP contribution in [0.4, 0.5) is 4.39 Å². The van der Waals surface area contributed by atoms with Gasteiger partial charge in [0.1, 0.15) is 10.7 Å². The summed E-state index contributed by atoms with van der Waals surface area (Å²) in [6, 6.07) is 9.26. The molecule has 0 aliphatic rings. The van der Waals surface area contributed by atoms with Gasteiger partial charge < -0.3 is 13.8 Å². The molecule has 2 aromatic rings. The van der Waals surface area contributed by atoms with Gasteiger partial charge >= 0.3 is 10.1 Å². The van der Waals surface area contributed by atoms with Crippen molar-refractivity contribution in [1.82, 2.24) is 4.90 Å². The van der Waals surface area contributed by atoms with Crippen molar-refractivity contribution in [1.29, 1.82) is 0 Å². The molecule has 0 bridgehead atoms. The highest BCUT2D eigenvalue weighted by atomic mass is 32.2. The van der Waals surface area contributed by atoms with Gasteiger partial charge in [-0.25, -0.2) is 4.39 Å². The van der Waals surface area contributed by atoms with Gasteiger partial charge in [0.25, 0.3) is 0 Å². The molecule has 6 nitrogen and oxygen atoms in total. The van der Waals surface area contributed by atoms with Crippen LogP contribution in [-0.4, -0.2) is 32.9 Å². The SMILES string of the molecule is COc1ccc(CN(CC(C)C)C(=O)C(C)C)cc1OS(=O)(=O)c1ccc(F)cc1. The van der Waals surface area contributed by atoms with Gasteiger partial charge in [-0.1, -0.05) is 33.8 Å². The number of benzene rings is 2. The first kappa shape index (κ1) is 23.7. The fourth-order valence-corrected chi connectivity index (χ4v) is 3.84. The Labute approximate surface area is 177 Å². The third-order valence-corrected chi connectivity index (χ3v) is 5.54. The maximum atomic E-state index is 13.1. The maximum absolute atomic E-state index is 13.1. The summed E-state index contributed by atoms with van der Waals surface area (Å²) >= 11 is 0. The number of ether oxygens (including phenoxy) is 1. The number of nitrogens with zero attached hydrogens (tertiary/aromatic N) is 1. The minimum absolute atomic E-state index is 0.000757. The van der Waals surface area contributed by atoms with Crippen molar-refractivity contribution in [3.63, 3.8) is 0 Å². The Kier molecular flexibility index (Phi) is 7.83. The van der Waals surface area contributed by atoms with Crippen molar-refractivity contribution in [2.75, 3.05) is 13.7 Å². The van der Waals surface area contributed by atoms with E-state index in [1.54, 1.807) is 23.1 Å². The van der Waals surface area contributed by atoms with Gasteiger partial charge in [0.15, 0.2) is 11.5 Å². The van der Waals surface area contributed by atoms with Crippen LogP contribution in [0.2, 0.25) is 0 Å². The molecule has 0 aromatic heterocycles. The molecular weight excluding hydrogens is 409 g/mol. The molecule has 8 heteroatoms. The molecular formula is C22H28FNO5S. The van der Waals surface area contributed by atoms with Crippen LogP contribution in [0.1, 0.15) is 33.3 Å². The molecule has 2 aromatic carbocycles. The van der Waals surface area contributed by atoms with E-state index < -0.39 is 15.9 Å². The van der Waals surface area contributed by atoms with E-state index in [9.17, 15) is 17.6 Å². The highest BCUT2D eigenvalue weighted by molar-refractivity contribution is 7.87. The summed E-state index contributed by atoms with van der Waals surface area (Å²) in [5.41, 5.74) is 0.703. The summed E-state index contributed by atoms with van der Waals surface area (Å²) in [7, 11) is -2.78. The quantitative estimate of drug-likeness (QED) is 0.549. The van der Waals surface area contributed by atoms with Gasteiger partial charge in [-0.3, -0.25) is 4.79 Å². The van der Waals surface area contributed by atoms with Crippen molar-refractivity contribution in [2.45, 2.75) is 39.1 Å². The van der Waals surface area contributed by atoms with Crippen LogP contribution < -0.4 is 8.92 Å². The molecule has 164 valence electrons. The number of hydrogen-bond donors (Lipinski definition) is 0. The van der Waals surface area contributed by atoms with Gasteiger partial charge in [0, 0.05) is 19.0 Å². The highest BCUT2D eigenvalue weighted by Crippen LogP contribution is 2.31. The molecule has 0 N–H and O–H groups in total. The Morgan fingerprint density at radius 2 is 1.67 bits per heavy atom. The Balaban J connectivity index is 2.34. The molecule has 0 heterocycles. The zero-order chi connectivity index (χ0) is 22.5. The van der Waals surface area contributed by atoms with Crippen LogP contribution in [0.25, 0.3) is 0 Å². The fourth-order valence-electron chi connectivity index (χ4n) is 2.91. The number of amides is 1. The summed E-state index contributed by atoms with van der Waals surface area (Å²) in [5, 5.41) is 0. The number of halogens is 1. The average molecular weight is 438 g/mol. The molecule has 0 aliphatic carbocycles. The van der Waals surface area contributed by atoms with E-state index in [-0.39, 0.29) is 34.1 Å². The van der Waals surface area contributed by atoms with E-state index in [2.05, 4.69) is 0 Å². The Morgan fingerprint density at radius 3 is 2.20 bits per heavy atom. The molecule has 2 rings (SSSR count). The molecule has 0 unspecified atom stereocenters. The van der Waals surface area contributed by atoms with Gasteiger partial charge in [-0.15, -0.1) is 0 Å². The summed E-state index contributed by atoms with van der Waals surface area (Å²) < 4.78 is 48.8. The topological polar surface area (TPSA) is 72.9 Å². The van der Waals surface area contributed by atoms with Crippen LogP contribution in [0, 0.1) is 17.7 Å². The lowest BCUT2D eigenvalue weighted by Crippen LogP contribution is -2.36. The second kappa shape index (κ2) is 9.93. The summed E-state index contributed by atoms with van der Waals surface area (Å²) in [6.45, 7) is 8.62. The number of carbonyl (C=O) groups excluding carboxylic acids is 1. The minimum Gasteiger partial charge on any atom is -0.493 e. The molecule has 0 fully saturated rings. The first-order valence-corrected chi connectivity index (χ1v) is 11.1. The largest absolute Gasteiger partial charge is 0.493 e. The number of hydrogen-bond acceptors (Lipinski definition) is 5. The van der Waals surface area contributed by atoms with E-state index in [0.717, 1.165) is 24.3 Å². The molecule has 0 saturated carbocycles. The molecule has 1 amide bonds. The normalized spacial score (nSPS) is 11.6. The summed E-state index contributed by atoms with van der Waals surface area (Å²) in [6.07, 6.45) is 0. The Bertz CT molecular complexity index is 972. The lowest BCUT2D eigenvalue weighted by Gasteiger charge is -2.26. The molecule has 0 atom stereocenters. The maximum Gasteiger partial charge on any atom is 0.339 e. The van der Waals surface area contributed by atoms with Gasteiger partial charge in [0.2, 0.25) is 5.91 Å². The fraction of sp³-hybridized carbons (Fsp3) is 0.409. The first-order chi connectivity index (χ1) is 14.0. The van der Waals surface area contributed by atoms with Crippen LogP contribution in [0.5, 0.6) is 11.5 Å². The molecule has 0 spiro atoms. The first-order valence-electron chi connectivity index (χ1n) is 9.69. The van der Waals surface area contributed by atoms with Crippen LogP contribution >= 0.6 is 0 Å². The second-order valence-electron chi connectivity index (χ2n) is 7.74. The lowest BCUT2D eigenvalue weighted by atomic mass is 10.1. The minimum atomic E-state index is -4.18. The number of methoxy groups -OCH3 is 1. The third kappa shape index (κ3) is 6.19. The number of rotatable bonds is 9. The Morgan fingerprint density at radius 1 is 1.03 bits per heavy atom. The van der Waals surface area contributed by atoms with E-state index in [4.69, 9.17) is 8.92 Å². The standard InChI is InChI=1S/C22H28FNO5S/c1-15(2)13-24(22(25)16(3)4)14-17-6-11-20(28-5)21(12-17)29-30(26,27)19-9-7-18(23)8-10-19/h6-12,15-16H,13-14H2,1-5H3. The van der Waals surface area contributed by atoms with E-state index >= 15 is 0 Å². The van der Waals surface area contributed by atoms with Gasteiger partial charge in [-0.05, 0) is 47.9 Å². The van der Waals surface area contributed by atoms with Crippen molar-refractivity contribution in [2.24, 2.45) is 11.8 Å². The third-order valence-electron chi connectivity index (χ3n) is 4.29. The smallest absolute Gasteiger partial charge is 0.339 e. The molecule has 30 heavy (non-hydrogen) atoms. The van der Waals surface area contributed by atoms with E-state index in [1.165, 1.54) is 7.11 Å². The lowest BCUT2D eigenvalue weighted by molar-refractivity contribution is -0.135. The highest BCUT2D eigenvalue weighted by Gasteiger charge is 2.22. The molecule has 0 radical (unpaired) electrons. The van der Waals surface area contributed by atoms with Crippen LogP contribution in [0.15, 0.2) is 47.4 Å². The zero-order valence-corrected chi connectivity index (χ0v) is 18.7. The van der Waals surface area contributed by atoms with E-state index in [0.29, 0.717) is 18.7 Å². The second-order valence-corrected chi connectivity index (χ2v) is 9.29. The van der Waals surface area contributed by atoms with Crippen molar-refractivity contribution >= 4 is 16.0 Å². The molecule has 0 saturated heterocycles. The van der Waals surface area contributed by atoms with Crippen LogP contribution in [0.3, 0.4) is 0 Å². The monoisotopic (exact) mass is 437 g/mol. The predicted molar refractivity (Wildman–Crippen MR) is 112 cm³/mol. The molecule has 0 aliphatic heterocycles. The van der Waals surface area contributed by atoms with E-state index in [1.807, 2.05) is 27.7 Å². The van der Waals surface area contributed by atoms with Crippen LogP contribution in [-0.2, 0) is 21.5 Å². The summed E-state index contributed by atoms with van der Waals surface area (Å²) in [5.74, 6) is -0.178. The zero-order valence-electron chi connectivity index (χ0n) is 17.9. The number of carbonyl (C=O) groups is 1. The van der Waals surface area contributed by atoms with Gasteiger partial charge in [0.05, 0.1) is 7.11 Å². The predicted octanol–water partition coefficient (Wildman–Crippen LogP) is 4.24. The van der Waals surface area contributed by atoms with Crippen molar-refractivity contribution in [3.05, 3.63) is 53.8 Å². The van der Waals surface area contributed by atoms with Gasteiger partial charge in [-0.2, -0.15) is 8.42 Å². The average Bonchev–Trinajstić information content (AvgIpc) is 2.66. The van der Waals surface area contributed by atoms with Crippen molar-refractivity contribution in [3.8, 4) is 11.5 Å². The Hall–Kier alpha value is -2.61. The van der Waals surface area contributed by atoms with Crippen molar-refractivity contribution < 1.29 is 26.5 Å².